The number of piperidine rings is 1. The molecule has 0 bridgehead atoms. The van der Waals surface area contributed by atoms with Crippen LogP contribution in [0.3, 0.4) is 0 Å². The van der Waals surface area contributed by atoms with Crippen LogP contribution in [-0.4, -0.2) is 51.0 Å². The summed E-state index contributed by atoms with van der Waals surface area (Å²) >= 11 is 0. The highest BCUT2D eigenvalue weighted by Gasteiger charge is 2.43. The van der Waals surface area contributed by atoms with E-state index in [9.17, 15) is 13.2 Å². The second-order valence-corrected chi connectivity index (χ2v) is 8.92. The van der Waals surface area contributed by atoms with Gasteiger partial charge in [0.15, 0.2) is 0 Å². The Kier molecular flexibility index (Phi) is 5.46. The highest BCUT2D eigenvalue weighted by molar-refractivity contribution is 7.89. The first-order valence-corrected chi connectivity index (χ1v) is 10.3. The van der Waals surface area contributed by atoms with Gasteiger partial charge in [0, 0.05) is 33.2 Å². The molecule has 1 N–H and O–H groups in total. The number of hydrogen-bond acceptors (Lipinski definition) is 4. The predicted octanol–water partition coefficient (Wildman–Crippen LogP) is 1.77. The zero-order valence-electron chi connectivity index (χ0n) is 14.6. The molecular weight excluding hydrogens is 340 g/mol. The van der Waals surface area contributed by atoms with Crippen molar-refractivity contribution in [3.05, 3.63) is 30.3 Å². The molecule has 1 aromatic carbocycles. The second-order valence-electron chi connectivity index (χ2n) is 6.98. The number of nitrogens with zero attached hydrogens (tertiary/aromatic N) is 1. The second kappa shape index (κ2) is 7.43. The lowest BCUT2D eigenvalue weighted by Crippen LogP contribution is -2.51. The standard InChI is InChI=1S/C18H26N2O4S/c1-19-17(21)13-15-7-12-24-18(14-15)8-10-20(11-9-18)25(22,23)16-5-3-2-4-6-16/h2-6,15H,7-14H2,1H3,(H,19,21). The Labute approximate surface area is 149 Å². The van der Waals surface area contributed by atoms with Crippen molar-refractivity contribution >= 4 is 15.9 Å². The first-order chi connectivity index (χ1) is 12.0. The molecule has 0 aromatic heterocycles. The normalized spacial score (nSPS) is 24.1. The molecular formula is C18H26N2O4S. The van der Waals surface area contributed by atoms with Gasteiger partial charge in [0.1, 0.15) is 0 Å². The van der Waals surface area contributed by atoms with Gasteiger partial charge in [-0.15, -0.1) is 0 Å². The molecule has 1 spiro atoms. The lowest BCUT2D eigenvalue weighted by atomic mass is 9.78. The molecule has 2 saturated heterocycles. The van der Waals surface area contributed by atoms with Gasteiger partial charge >= 0.3 is 0 Å². The maximum absolute atomic E-state index is 12.7. The number of carbonyl (C=O) groups excluding carboxylic acids is 1. The Morgan fingerprint density at radius 1 is 1.28 bits per heavy atom. The fourth-order valence-corrected chi connectivity index (χ4v) is 5.35. The largest absolute Gasteiger partial charge is 0.375 e. The number of benzene rings is 1. The van der Waals surface area contributed by atoms with Crippen molar-refractivity contribution in [3.8, 4) is 0 Å². The minimum atomic E-state index is -3.44. The van der Waals surface area contributed by atoms with Gasteiger partial charge in [-0.3, -0.25) is 4.79 Å². The van der Waals surface area contributed by atoms with E-state index in [4.69, 9.17) is 4.74 Å². The quantitative estimate of drug-likeness (QED) is 0.881. The van der Waals surface area contributed by atoms with E-state index in [1.165, 1.54) is 0 Å². The Morgan fingerprint density at radius 3 is 2.60 bits per heavy atom. The number of rotatable bonds is 4. The van der Waals surface area contributed by atoms with Gasteiger partial charge in [0.05, 0.1) is 10.5 Å². The van der Waals surface area contributed by atoms with Crippen LogP contribution in [0, 0.1) is 5.92 Å². The molecule has 2 aliphatic rings. The molecule has 3 rings (SSSR count). The molecule has 6 nitrogen and oxygen atoms in total. The summed E-state index contributed by atoms with van der Waals surface area (Å²) < 4.78 is 33.1. The Bertz CT molecular complexity index is 697. The number of hydrogen-bond donors (Lipinski definition) is 1. The Hall–Kier alpha value is -1.44. The third-order valence-corrected chi connectivity index (χ3v) is 7.28. The van der Waals surface area contributed by atoms with Crippen LogP contribution in [0.4, 0.5) is 0 Å². The molecule has 1 atom stereocenters. The zero-order valence-corrected chi connectivity index (χ0v) is 15.4. The van der Waals surface area contributed by atoms with Gasteiger partial charge in [-0.25, -0.2) is 8.42 Å². The molecule has 1 amide bonds. The van der Waals surface area contributed by atoms with E-state index in [1.807, 2.05) is 6.07 Å². The van der Waals surface area contributed by atoms with Crippen molar-refractivity contribution in [2.45, 2.75) is 42.6 Å². The van der Waals surface area contributed by atoms with Gasteiger partial charge < -0.3 is 10.1 Å². The Morgan fingerprint density at radius 2 is 1.96 bits per heavy atom. The lowest BCUT2D eigenvalue weighted by molar-refractivity contribution is -0.132. The molecule has 2 aliphatic heterocycles. The summed E-state index contributed by atoms with van der Waals surface area (Å²) in [5.74, 6) is 0.372. The third kappa shape index (κ3) is 4.04. The predicted molar refractivity (Wildman–Crippen MR) is 94.5 cm³/mol. The number of amides is 1. The summed E-state index contributed by atoms with van der Waals surface area (Å²) in [6.45, 7) is 1.57. The van der Waals surface area contributed by atoms with E-state index >= 15 is 0 Å². The van der Waals surface area contributed by atoms with Gasteiger partial charge in [-0.1, -0.05) is 18.2 Å². The van der Waals surface area contributed by atoms with E-state index in [0.29, 0.717) is 49.8 Å². The monoisotopic (exact) mass is 366 g/mol. The minimum Gasteiger partial charge on any atom is -0.375 e. The van der Waals surface area contributed by atoms with Crippen molar-refractivity contribution < 1.29 is 17.9 Å². The Balaban J connectivity index is 1.64. The fraction of sp³-hybridized carbons (Fsp3) is 0.611. The van der Waals surface area contributed by atoms with Crippen LogP contribution >= 0.6 is 0 Å². The van der Waals surface area contributed by atoms with Crippen molar-refractivity contribution in [3.63, 3.8) is 0 Å². The SMILES string of the molecule is CNC(=O)CC1CCOC2(CCN(S(=O)(=O)c3ccccc3)CC2)C1. The average molecular weight is 366 g/mol. The van der Waals surface area contributed by atoms with E-state index in [1.54, 1.807) is 35.6 Å². The van der Waals surface area contributed by atoms with E-state index < -0.39 is 10.0 Å². The summed E-state index contributed by atoms with van der Waals surface area (Å²) in [5, 5.41) is 2.68. The van der Waals surface area contributed by atoms with E-state index in [0.717, 1.165) is 12.8 Å². The minimum absolute atomic E-state index is 0.0612. The van der Waals surface area contributed by atoms with Gasteiger partial charge in [-0.05, 0) is 43.7 Å². The molecule has 7 heteroatoms. The van der Waals surface area contributed by atoms with Crippen LogP contribution in [0.5, 0.6) is 0 Å². The molecule has 0 radical (unpaired) electrons. The molecule has 2 fully saturated rings. The molecule has 25 heavy (non-hydrogen) atoms. The van der Waals surface area contributed by atoms with Crippen molar-refractivity contribution in [1.29, 1.82) is 0 Å². The van der Waals surface area contributed by atoms with Crippen molar-refractivity contribution in [2.24, 2.45) is 5.92 Å². The highest BCUT2D eigenvalue weighted by atomic mass is 32.2. The highest BCUT2D eigenvalue weighted by Crippen LogP contribution is 2.39. The number of nitrogens with one attached hydrogen (secondary N) is 1. The number of ether oxygens (including phenoxy) is 1. The van der Waals surface area contributed by atoms with Crippen molar-refractivity contribution in [2.75, 3.05) is 26.7 Å². The summed E-state index contributed by atoms with van der Waals surface area (Å²) in [7, 11) is -1.78. The average Bonchev–Trinajstić information content (AvgIpc) is 2.63. The van der Waals surface area contributed by atoms with Crippen LogP contribution in [-0.2, 0) is 19.6 Å². The van der Waals surface area contributed by atoms with E-state index in [-0.39, 0.29) is 11.5 Å². The topological polar surface area (TPSA) is 75.7 Å². The van der Waals surface area contributed by atoms with Gasteiger partial charge in [0.25, 0.3) is 0 Å². The molecule has 1 aromatic rings. The lowest BCUT2D eigenvalue weighted by Gasteiger charge is -2.45. The third-order valence-electron chi connectivity index (χ3n) is 5.36. The van der Waals surface area contributed by atoms with Crippen LogP contribution in [0.25, 0.3) is 0 Å². The summed E-state index contributed by atoms with van der Waals surface area (Å²) in [4.78, 5) is 12.0. The number of carbonyl (C=O) groups is 1. The van der Waals surface area contributed by atoms with Gasteiger partial charge in [0.2, 0.25) is 15.9 Å². The maximum atomic E-state index is 12.7. The fourth-order valence-electron chi connectivity index (χ4n) is 3.89. The first kappa shape index (κ1) is 18.4. The first-order valence-electron chi connectivity index (χ1n) is 8.85. The van der Waals surface area contributed by atoms with Crippen molar-refractivity contribution in [1.82, 2.24) is 9.62 Å². The summed E-state index contributed by atoms with van der Waals surface area (Å²) in [6, 6.07) is 8.57. The molecule has 0 saturated carbocycles. The molecule has 1 unspecified atom stereocenters. The molecule has 138 valence electrons. The van der Waals surface area contributed by atoms with Gasteiger partial charge in [-0.2, -0.15) is 4.31 Å². The smallest absolute Gasteiger partial charge is 0.243 e. The van der Waals surface area contributed by atoms with E-state index in [2.05, 4.69) is 5.32 Å². The van der Waals surface area contributed by atoms with Crippen LogP contribution in [0.1, 0.15) is 32.1 Å². The molecule has 2 heterocycles. The summed E-state index contributed by atoms with van der Waals surface area (Å²) in [5.41, 5.74) is -0.278. The number of sulfonamides is 1. The van der Waals surface area contributed by atoms with Crippen LogP contribution < -0.4 is 5.32 Å². The van der Waals surface area contributed by atoms with Crippen LogP contribution in [0.15, 0.2) is 35.2 Å². The molecule has 0 aliphatic carbocycles. The van der Waals surface area contributed by atoms with Crippen LogP contribution in [0.2, 0.25) is 0 Å². The summed E-state index contributed by atoms with van der Waals surface area (Å²) in [6.07, 6.45) is 3.61. The zero-order chi connectivity index (χ0) is 17.9. The maximum Gasteiger partial charge on any atom is 0.243 e.